The first kappa shape index (κ1) is 8.06. The van der Waals surface area contributed by atoms with Gasteiger partial charge in [-0.1, -0.05) is 27.7 Å². The van der Waals surface area contributed by atoms with E-state index in [1.165, 1.54) is 6.42 Å². The summed E-state index contributed by atoms with van der Waals surface area (Å²) in [4.78, 5) is 0. The van der Waals surface area contributed by atoms with Crippen LogP contribution in [0.2, 0.25) is 0 Å². The fraction of sp³-hybridized carbons (Fsp3) is 1.00. The van der Waals surface area contributed by atoms with Crippen molar-refractivity contribution in [2.45, 2.75) is 46.2 Å². The first-order chi connectivity index (χ1) is 4.61. The zero-order chi connectivity index (χ0) is 7.72. The lowest BCUT2D eigenvalue weighted by atomic mass is 10.1. The molecule has 0 aliphatic heterocycles. The second kappa shape index (κ2) is 2.91. The summed E-state index contributed by atoms with van der Waals surface area (Å²) in [6.45, 7) is 9.06. The summed E-state index contributed by atoms with van der Waals surface area (Å²) in [5.41, 5.74) is 0. The Morgan fingerprint density at radius 2 is 1.80 bits per heavy atom. The summed E-state index contributed by atoms with van der Waals surface area (Å²) >= 11 is 0. The molecule has 1 saturated carbocycles. The Hall–Kier alpha value is -0.0400. The van der Waals surface area contributed by atoms with Crippen molar-refractivity contribution in [2.75, 3.05) is 0 Å². The standard InChI is InChI=1S/C9H19N/c1-6(2)8-5-9(8)10-7(3)4/h6-10H,5H2,1-4H3. The summed E-state index contributed by atoms with van der Waals surface area (Å²) in [7, 11) is 0. The average Bonchev–Trinajstić information content (AvgIpc) is 2.43. The van der Waals surface area contributed by atoms with E-state index in [0.29, 0.717) is 6.04 Å². The fourth-order valence-electron chi connectivity index (χ4n) is 1.57. The molecule has 0 bridgehead atoms. The van der Waals surface area contributed by atoms with Gasteiger partial charge >= 0.3 is 0 Å². The van der Waals surface area contributed by atoms with E-state index in [4.69, 9.17) is 0 Å². The van der Waals surface area contributed by atoms with E-state index in [2.05, 4.69) is 33.0 Å². The first-order valence-corrected chi connectivity index (χ1v) is 4.37. The maximum atomic E-state index is 3.55. The van der Waals surface area contributed by atoms with Crippen molar-refractivity contribution in [1.29, 1.82) is 0 Å². The number of nitrogens with one attached hydrogen (secondary N) is 1. The molecular weight excluding hydrogens is 122 g/mol. The molecule has 0 radical (unpaired) electrons. The number of rotatable bonds is 3. The maximum Gasteiger partial charge on any atom is 0.0104 e. The van der Waals surface area contributed by atoms with Crippen LogP contribution in [0.15, 0.2) is 0 Å². The molecule has 0 saturated heterocycles. The van der Waals surface area contributed by atoms with Crippen LogP contribution in [-0.2, 0) is 0 Å². The van der Waals surface area contributed by atoms with Crippen LogP contribution in [0.5, 0.6) is 0 Å². The molecule has 2 atom stereocenters. The lowest BCUT2D eigenvalue weighted by Crippen LogP contribution is -2.26. The number of hydrogen-bond donors (Lipinski definition) is 1. The van der Waals surface area contributed by atoms with Crippen molar-refractivity contribution >= 4 is 0 Å². The molecule has 1 nitrogen and oxygen atoms in total. The minimum absolute atomic E-state index is 0.661. The van der Waals surface area contributed by atoms with E-state index in [1.807, 2.05) is 0 Å². The van der Waals surface area contributed by atoms with Gasteiger partial charge in [-0.15, -0.1) is 0 Å². The van der Waals surface area contributed by atoms with Gasteiger partial charge in [0.15, 0.2) is 0 Å². The summed E-state index contributed by atoms with van der Waals surface area (Å²) in [6, 6.07) is 1.49. The van der Waals surface area contributed by atoms with Gasteiger partial charge in [0.25, 0.3) is 0 Å². The van der Waals surface area contributed by atoms with E-state index in [-0.39, 0.29) is 0 Å². The molecule has 1 aliphatic carbocycles. The molecule has 1 heteroatoms. The van der Waals surface area contributed by atoms with Crippen LogP contribution in [0.25, 0.3) is 0 Å². The Morgan fingerprint density at radius 1 is 1.20 bits per heavy atom. The Bertz CT molecular complexity index is 107. The highest BCUT2D eigenvalue weighted by molar-refractivity contribution is 4.95. The molecular formula is C9H19N. The molecule has 0 aromatic carbocycles. The average molecular weight is 141 g/mol. The van der Waals surface area contributed by atoms with E-state index < -0.39 is 0 Å². The third-order valence-corrected chi connectivity index (χ3v) is 2.24. The molecule has 1 rings (SSSR count). The summed E-state index contributed by atoms with van der Waals surface area (Å²) in [5, 5.41) is 3.55. The second-order valence-corrected chi connectivity index (χ2v) is 4.07. The topological polar surface area (TPSA) is 12.0 Å². The van der Waals surface area contributed by atoms with Crippen LogP contribution in [0.1, 0.15) is 34.1 Å². The van der Waals surface area contributed by atoms with Crippen molar-refractivity contribution in [3.63, 3.8) is 0 Å². The third-order valence-electron chi connectivity index (χ3n) is 2.24. The van der Waals surface area contributed by atoms with Crippen LogP contribution < -0.4 is 5.32 Å². The highest BCUT2D eigenvalue weighted by Gasteiger charge is 2.38. The van der Waals surface area contributed by atoms with Crippen molar-refractivity contribution in [3.8, 4) is 0 Å². The highest BCUT2D eigenvalue weighted by Crippen LogP contribution is 2.37. The predicted octanol–water partition coefficient (Wildman–Crippen LogP) is 2.03. The minimum Gasteiger partial charge on any atom is -0.311 e. The van der Waals surface area contributed by atoms with E-state index >= 15 is 0 Å². The van der Waals surface area contributed by atoms with Crippen LogP contribution in [0, 0.1) is 11.8 Å². The monoisotopic (exact) mass is 141 g/mol. The SMILES string of the molecule is CC(C)NC1CC1C(C)C. The van der Waals surface area contributed by atoms with Gasteiger partial charge < -0.3 is 5.32 Å². The smallest absolute Gasteiger partial charge is 0.0104 e. The third kappa shape index (κ3) is 1.98. The van der Waals surface area contributed by atoms with E-state index in [1.54, 1.807) is 0 Å². The molecule has 0 spiro atoms. The molecule has 60 valence electrons. The van der Waals surface area contributed by atoms with Gasteiger partial charge in [-0.3, -0.25) is 0 Å². The van der Waals surface area contributed by atoms with Crippen LogP contribution in [0.3, 0.4) is 0 Å². The molecule has 1 fully saturated rings. The summed E-state index contributed by atoms with van der Waals surface area (Å²) in [6.07, 6.45) is 1.40. The second-order valence-electron chi connectivity index (χ2n) is 4.07. The lowest BCUT2D eigenvalue weighted by molar-refractivity contribution is 0.487. The molecule has 2 unspecified atom stereocenters. The van der Waals surface area contributed by atoms with Gasteiger partial charge in [-0.2, -0.15) is 0 Å². The van der Waals surface area contributed by atoms with Gasteiger partial charge in [0, 0.05) is 12.1 Å². The molecule has 0 aromatic heterocycles. The number of hydrogen-bond acceptors (Lipinski definition) is 1. The van der Waals surface area contributed by atoms with Crippen LogP contribution >= 0.6 is 0 Å². The van der Waals surface area contributed by atoms with Gasteiger partial charge in [-0.05, 0) is 18.3 Å². The van der Waals surface area contributed by atoms with Crippen molar-refractivity contribution in [2.24, 2.45) is 11.8 Å². The summed E-state index contributed by atoms with van der Waals surface area (Å²) < 4.78 is 0. The zero-order valence-corrected chi connectivity index (χ0v) is 7.52. The quantitative estimate of drug-likeness (QED) is 0.634. The van der Waals surface area contributed by atoms with Crippen LogP contribution in [-0.4, -0.2) is 12.1 Å². The van der Waals surface area contributed by atoms with E-state index in [9.17, 15) is 0 Å². The first-order valence-electron chi connectivity index (χ1n) is 4.37. The maximum absolute atomic E-state index is 3.55. The molecule has 1 N–H and O–H groups in total. The van der Waals surface area contributed by atoms with Crippen LogP contribution in [0.4, 0.5) is 0 Å². The van der Waals surface area contributed by atoms with Gasteiger partial charge in [-0.25, -0.2) is 0 Å². The van der Waals surface area contributed by atoms with Gasteiger partial charge in [0.1, 0.15) is 0 Å². The largest absolute Gasteiger partial charge is 0.311 e. The Balaban J connectivity index is 2.13. The molecule has 0 amide bonds. The Labute approximate surface area is 64.2 Å². The Morgan fingerprint density at radius 3 is 2.10 bits per heavy atom. The molecule has 0 heterocycles. The molecule has 0 aromatic rings. The highest BCUT2D eigenvalue weighted by atomic mass is 15.0. The normalized spacial score (nSPS) is 31.8. The van der Waals surface area contributed by atoms with E-state index in [0.717, 1.165) is 17.9 Å². The fourth-order valence-corrected chi connectivity index (χ4v) is 1.57. The Kier molecular flexibility index (Phi) is 2.35. The van der Waals surface area contributed by atoms with Crippen molar-refractivity contribution in [3.05, 3.63) is 0 Å². The molecule has 10 heavy (non-hydrogen) atoms. The zero-order valence-electron chi connectivity index (χ0n) is 7.52. The lowest BCUT2D eigenvalue weighted by Gasteiger charge is -2.08. The summed E-state index contributed by atoms with van der Waals surface area (Å²) in [5.74, 6) is 1.83. The van der Waals surface area contributed by atoms with Gasteiger partial charge in [0.05, 0.1) is 0 Å². The predicted molar refractivity (Wildman–Crippen MR) is 45.0 cm³/mol. The van der Waals surface area contributed by atoms with Crippen molar-refractivity contribution < 1.29 is 0 Å². The van der Waals surface area contributed by atoms with Gasteiger partial charge in [0.2, 0.25) is 0 Å². The van der Waals surface area contributed by atoms with Crippen molar-refractivity contribution in [1.82, 2.24) is 5.32 Å². The molecule has 1 aliphatic rings. The minimum atomic E-state index is 0.661.